The van der Waals surface area contributed by atoms with Crippen molar-refractivity contribution in [2.24, 2.45) is 5.92 Å². The molecule has 4 rings (SSSR count). The number of benzene rings is 1. The summed E-state index contributed by atoms with van der Waals surface area (Å²) in [6, 6.07) is 14.7. The zero-order valence-electron chi connectivity index (χ0n) is 18.2. The van der Waals surface area contributed by atoms with Crippen LogP contribution in [0.2, 0.25) is 10.0 Å². The smallest absolute Gasteiger partial charge is 0.270 e. The molecule has 1 aliphatic rings. The molecule has 1 aliphatic heterocycles. The Morgan fingerprint density at radius 3 is 2.64 bits per heavy atom. The van der Waals surface area contributed by atoms with Crippen LogP contribution in [0.1, 0.15) is 28.9 Å². The highest BCUT2D eigenvalue weighted by Gasteiger charge is 2.20. The first kappa shape index (κ1) is 23.3. The number of aromatic nitrogens is 2. The molecule has 0 spiro atoms. The van der Waals surface area contributed by atoms with Gasteiger partial charge in [-0.3, -0.25) is 9.78 Å². The van der Waals surface area contributed by atoms with Gasteiger partial charge in [0.25, 0.3) is 5.91 Å². The zero-order chi connectivity index (χ0) is 23.0. The first-order chi connectivity index (χ1) is 16.1. The number of anilines is 1. The first-order valence-electron chi connectivity index (χ1n) is 11.1. The molecule has 1 saturated heterocycles. The van der Waals surface area contributed by atoms with Crippen molar-refractivity contribution in [3.05, 3.63) is 82.2 Å². The number of nitrogens with one attached hydrogen (secondary N) is 1. The number of carbonyl (C=O) groups is 1. The van der Waals surface area contributed by atoms with Crippen LogP contribution in [-0.4, -0.2) is 42.1 Å². The van der Waals surface area contributed by atoms with Gasteiger partial charge in [0, 0.05) is 60.2 Å². The quantitative estimate of drug-likeness (QED) is 0.484. The third kappa shape index (κ3) is 6.59. The predicted molar refractivity (Wildman–Crippen MR) is 131 cm³/mol. The molecule has 172 valence electrons. The molecule has 0 saturated carbocycles. The van der Waals surface area contributed by atoms with Crippen LogP contribution >= 0.6 is 23.2 Å². The minimum atomic E-state index is -0.183. The van der Waals surface area contributed by atoms with Crippen LogP contribution in [0.3, 0.4) is 0 Å². The van der Waals surface area contributed by atoms with Gasteiger partial charge < -0.3 is 15.0 Å². The van der Waals surface area contributed by atoms with Crippen LogP contribution in [0.4, 0.5) is 5.69 Å². The SMILES string of the molecule is O=C(NCC1CCN(c2ccncc2)CC1)c1cccc(OCCc2ccc(Cl)cc2Cl)n1. The normalized spacial score (nSPS) is 14.2. The topological polar surface area (TPSA) is 67.4 Å². The number of rotatable bonds is 8. The van der Waals surface area contributed by atoms with E-state index in [9.17, 15) is 4.79 Å². The summed E-state index contributed by atoms with van der Waals surface area (Å²) >= 11 is 12.1. The standard InChI is InChI=1S/C25H26Cl2N4O2/c26-20-5-4-19(22(27)16-20)10-15-33-24-3-1-2-23(30-24)25(32)29-17-18-8-13-31(14-9-18)21-6-11-28-12-7-21/h1-7,11-12,16,18H,8-10,13-15,17H2,(H,29,32). The summed E-state index contributed by atoms with van der Waals surface area (Å²) in [6.45, 7) is 2.99. The summed E-state index contributed by atoms with van der Waals surface area (Å²) in [5, 5.41) is 4.24. The van der Waals surface area contributed by atoms with Crippen molar-refractivity contribution >= 4 is 34.8 Å². The maximum atomic E-state index is 12.6. The Morgan fingerprint density at radius 2 is 1.88 bits per heavy atom. The van der Waals surface area contributed by atoms with E-state index in [1.165, 1.54) is 5.69 Å². The van der Waals surface area contributed by atoms with Gasteiger partial charge in [0.05, 0.1) is 6.61 Å². The van der Waals surface area contributed by atoms with Gasteiger partial charge in [-0.2, -0.15) is 0 Å². The third-order valence-electron chi connectivity index (χ3n) is 5.79. The van der Waals surface area contributed by atoms with E-state index in [0.717, 1.165) is 31.5 Å². The molecule has 1 N–H and O–H groups in total. The number of ether oxygens (including phenoxy) is 1. The number of hydrogen-bond acceptors (Lipinski definition) is 5. The summed E-state index contributed by atoms with van der Waals surface area (Å²) in [5.41, 5.74) is 2.50. The van der Waals surface area contributed by atoms with E-state index in [1.807, 2.05) is 30.6 Å². The number of nitrogens with zero attached hydrogens (tertiary/aromatic N) is 3. The van der Waals surface area contributed by atoms with Crippen molar-refractivity contribution in [3.63, 3.8) is 0 Å². The van der Waals surface area contributed by atoms with Crippen LogP contribution in [-0.2, 0) is 6.42 Å². The van der Waals surface area contributed by atoms with Crippen LogP contribution in [0.25, 0.3) is 0 Å². The van der Waals surface area contributed by atoms with E-state index in [4.69, 9.17) is 27.9 Å². The number of pyridine rings is 2. The second-order valence-electron chi connectivity index (χ2n) is 8.04. The average molecular weight is 485 g/mol. The lowest BCUT2D eigenvalue weighted by Crippen LogP contribution is -2.38. The first-order valence-corrected chi connectivity index (χ1v) is 11.8. The molecule has 0 radical (unpaired) electrons. The Hall–Kier alpha value is -2.83. The second-order valence-corrected chi connectivity index (χ2v) is 8.88. The summed E-state index contributed by atoms with van der Waals surface area (Å²) < 4.78 is 5.74. The number of piperidine rings is 1. The Balaban J connectivity index is 1.22. The molecule has 0 unspecified atom stereocenters. The average Bonchev–Trinajstić information content (AvgIpc) is 2.85. The van der Waals surface area contributed by atoms with Crippen molar-refractivity contribution in [1.29, 1.82) is 0 Å². The molecule has 6 nitrogen and oxygen atoms in total. The highest BCUT2D eigenvalue weighted by molar-refractivity contribution is 6.35. The minimum absolute atomic E-state index is 0.183. The fourth-order valence-electron chi connectivity index (χ4n) is 3.89. The number of hydrogen-bond donors (Lipinski definition) is 1. The molecule has 3 aromatic rings. The van der Waals surface area contributed by atoms with Crippen LogP contribution in [0.15, 0.2) is 60.9 Å². The number of amides is 1. The molecule has 1 fully saturated rings. The van der Waals surface area contributed by atoms with Crippen LogP contribution in [0.5, 0.6) is 5.88 Å². The van der Waals surface area contributed by atoms with Gasteiger partial charge in [0.1, 0.15) is 5.69 Å². The molecular weight excluding hydrogens is 459 g/mol. The lowest BCUT2D eigenvalue weighted by molar-refractivity contribution is 0.0938. The number of carbonyl (C=O) groups excluding carboxylic acids is 1. The van der Waals surface area contributed by atoms with Gasteiger partial charge in [-0.05, 0) is 54.7 Å². The summed E-state index contributed by atoms with van der Waals surface area (Å²) in [5.74, 6) is 0.687. The van der Waals surface area contributed by atoms with E-state index in [0.29, 0.717) is 47.1 Å². The number of halogens is 2. The van der Waals surface area contributed by atoms with Gasteiger partial charge in [-0.15, -0.1) is 0 Å². The fourth-order valence-corrected chi connectivity index (χ4v) is 4.39. The highest BCUT2D eigenvalue weighted by atomic mass is 35.5. The minimum Gasteiger partial charge on any atom is -0.477 e. The van der Waals surface area contributed by atoms with E-state index < -0.39 is 0 Å². The van der Waals surface area contributed by atoms with Gasteiger partial charge in [0.2, 0.25) is 5.88 Å². The largest absolute Gasteiger partial charge is 0.477 e. The lowest BCUT2D eigenvalue weighted by atomic mass is 9.96. The molecule has 1 amide bonds. The van der Waals surface area contributed by atoms with Crippen molar-refractivity contribution in [3.8, 4) is 5.88 Å². The summed E-state index contributed by atoms with van der Waals surface area (Å²) in [4.78, 5) is 23.4. The monoisotopic (exact) mass is 484 g/mol. The second kappa shape index (κ2) is 11.3. The van der Waals surface area contributed by atoms with Crippen molar-refractivity contribution in [2.45, 2.75) is 19.3 Å². The molecule has 2 aromatic heterocycles. The Labute approximate surface area is 203 Å². The summed E-state index contributed by atoms with van der Waals surface area (Å²) in [6.07, 6.45) is 6.32. The van der Waals surface area contributed by atoms with E-state index in [-0.39, 0.29) is 5.91 Å². The maximum absolute atomic E-state index is 12.6. The third-order valence-corrected chi connectivity index (χ3v) is 6.37. The highest BCUT2D eigenvalue weighted by Crippen LogP contribution is 2.23. The van der Waals surface area contributed by atoms with Crippen molar-refractivity contribution < 1.29 is 9.53 Å². The lowest BCUT2D eigenvalue weighted by Gasteiger charge is -2.33. The zero-order valence-corrected chi connectivity index (χ0v) is 19.7. The Kier molecular flexibility index (Phi) is 8.02. The summed E-state index contributed by atoms with van der Waals surface area (Å²) in [7, 11) is 0. The molecule has 0 bridgehead atoms. The van der Waals surface area contributed by atoms with Gasteiger partial charge >= 0.3 is 0 Å². The van der Waals surface area contributed by atoms with Gasteiger partial charge in [0.15, 0.2) is 0 Å². The maximum Gasteiger partial charge on any atom is 0.270 e. The van der Waals surface area contributed by atoms with Gasteiger partial charge in [-0.1, -0.05) is 35.3 Å². The fraction of sp³-hybridized carbons (Fsp3) is 0.320. The molecule has 3 heterocycles. The van der Waals surface area contributed by atoms with Crippen molar-refractivity contribution in [1.82, 2.24) is 15.3 Å². The van der Waals surface area contributed by atoms with Crippen LogP contribution in [0, 0.1) is 5.92 Å². The molecule has 8 heteroatoms. The van der Waals surface area contributed by atoms with Crippen LogP contribution < -0.4 is 15.0 Å². The van der Waals surface area contributed by atoms with Crippen molar-refractivity contribution in [2.75, 3.05) is 31.1 Å². The predicted octanol–water partition coefficient (Wildman–Crippen LogP) is 5.05. The Bertz CT molecular complexity index is 1070. The molecule has 1 aromatic carbocycles. The van der Waals surface area contributed by atoms with Gasteiger partial charge in [-0.25, -0.2) is 4.98 Å². The molecular formula is C25H26Cl2N4O2. The molecule has 0 atom stereocenters. The molecule has 0 aliphatic carbocycles. The Morgan fingerprint density at radius 1 is 1.09 bits per heavy atom. The molecule has 33 heavy (non-hydrogen) atoms. The van der Waals surface area contributed by atoms with E-state index in [1.54, 1.807) is 30.3 Å². The van der Waals surface area contributed by atoms with E-state index >= 15 is 0 Å². The van der Waals surface area contributed by atoms with E-state index in [2.05, 4.69) is 20.2 Å².